The molecule has 2 aliphatic heterocycles. The predicted molar refractivity (Wildman–Crippen MR) is 83.8 cm³/mol. The van der Waals surface area contributed by atoms with E-state index in [-0.39, 0.29) is 5.91 Å². The van der Waals surface area contributed by atoms with Crippen molar-refractivity contribution in [1.29, 1.82) is 0 Å². The first-order chi connectivity index (χ1) is 10.3. The number of carbonyl (C=O) groups is 1. The predicted octanol–water partition coefficient (Wildman–Crippen LogP) is 2.54. The number of fused-ring (bicyclic) bond motifs is 1. The molecule has 114 valence electrons. The Labute approximate surface area is 126 Å². The van der Waals surface area contributed by atoms with Crippen LogP contribution in [0.5, 0.6) is 0 Å². The number of benzene rings is 1. The number of amides is 1. The molecule has 0 saturated carbocycles. The molecule has 0 radical (unpaired) electrons. The Hall–Kier alpha value is -1.55. The first-order valence-electron chi connectivity index (χ1n) is 7.94. The van der Waals surface area contributed by atoms with Crippen LogP contribution in [0, 0.1) is 5.92 Å². The molecule has 3 rings (SSSR count). The van der Waals surface area contributed by atoms with Crippen LogP contribution in [0.15, 0.2) is 18.2 Å². The number of ether oxygens (including phenoxy) is 1. The van der Waals surface area contributed by atoms with Crippen LogP contribution in [-0.4, -0.2) is 44.2 Å². The fraction of sp³-hybridized carbons (Fsp3) is 0.588. The van der Waals surface area contributed by atoms with Gasteiger partial charge in [0, 0.05) is 38.0 Å². The molecule has 1 saturated heterocycles. The van der Waals surface area contributed by atoms with Gasteiger partial charge in [0.2, 0.25) is 0 Å². The van der Waals surface area contributed by atoms with Crippen molar-refractivity contribution in [3.63, 3.8) is 0 Å². The number of hydrogen-bond acceptors (Lipinski definition) is 3. The minimum Gasteiger partial charge on any atom is -0.385 e. The van der Waals surface area contributed by atoms with Crippen molar-refractivity contribution < 1.29 is 9.53 Å². The average Bonchev–Trinajstić information content (AvgIpc) is 2.54. The van der Waals surface area contributed by atoms with E-state index in [0.29, 0.717) is 5.92 Å². The minimum atomic E-state index is 0.140. The Morgan fingerprint density at radius 3 is 3.14 bits per heavy atom. The summed E-state index contributed by atoms with van der Waals surface area (Å²) >= 11 is 0. The zero-order chi connectivity index (χ0) is 14.7. The van der Waals surface area contributed by atoms with E-state index >= 15 is 0 Å². The lowest BCUT2D eigenvalue weighted by atomic mass is 9.96. The maximum Gasteiger partial charge on any atom is 0.253 e. The van der Waals surface area contributed by atoms with Gasteiger partial charge in [0.1, 0.15) is 0 Å². The van der Waals surface area contributed by atoms with E-state index in [1.54, 1.807) is 0 Å². The van der Waals surface area contributed by atoms with Crippen LogP contribution in [0.3, 0.4) is 0 Å². The molecule has 4 nitrogen and oxygen atoms in total. The molecule has 1 aromatic rings. The van der Waals surface area contributed by atoms with Gasteiger partial charge in [-0.1, -0.05) is 6.07 Å². The standard InChI is InChI=1S/C17H24N2O2/c1-19(11-13-5-4-10-21-12-13)17(20)15-6-2-8-16-14(15)7-3-9-18-16/h2,6,8,13,18H,3-5,7,9-12H2,1H3. The Kier molecular flexibility index (Phi) is 4.44. The zero-order valence-corrected chi connectivity index (χ0v) is 12.7. The molecule has 1 atom stereocenters. The molecule has 1 aromatic carbocycles. The van der Waals surface area contributed by atoms with Gasteiger partial charge in [-0.3, -0.25) is 4.79 Å². The Morgan fingerprint density at radius 1 is 1.43 bits per heavy atom. The van der Waals surface area contributed by atoms with Crippen LogP contribution in [0.25, 0.3) is 0 Å². The van der Waals surface area contributed by atoms with Gasteiger partial charge in [0.05, 0.1) is 6.61 Å². The third kappa shape index (κ3) is 3.21. The topological polar surface area (TPSA) is 41.6 Å². The van der Waals surface area contributed by atoms with Gasteiger partial charge < -0.3 is 15.0 Å². The van der Waals surface area contributed by atoms with Crippen molar-refractivity contribution in [2.45, 2.75) is 25.7 Å². The molecule has 1 unspecified atom stereocenters. The van der Waals surface area contributed by atoms with Crippen LogP contribution < -0.4 is 5.32 Å². The SMILES string of the molecule is CN(CC1CCCOC1)C(=O)c1cccc2c1CCCN2. The number of nitrogens with one attached hydrogen (secondary N) is 1. The molecular formula is C17H24N2O2. The lowest BCUT2D eigenvalue weighted by Gasteiger charge is -2.28. The lowest BCUT2D eigenvalue weighted by Crippen LogP contribution is -2.35. The van der Waals surface area contributed by atoms with Crippen molar-refractivity contribution in [3.05, 3.63) is 29.3 Å². The number of hydrogen-bond donors (Lipinski definition) is 1. The molecule has 0 aromatic heterocycles. The average molecular weight is 288 g/mol. The third-order valence-electron chi connectivity index (χ3n) is 4.46. The Bertz CT molecular complexity index is 510. The number of rotatable bonds is 3. The van der Waals surface area contributed by atoms with E-state index in [1.807, 2.05) is 24.1 Å². The van der Waals surface area contributed by atoms with Crippen molar-refractivity contribution in [3.8, 4) is 0 Å². The molecule has 21 heavy (non-hydrogen) atoms. The Balaban J connectivity index is 1.72. The molecule has 0 bridgehead atoms. The summed E-state index contributed by atoms with van der Waals surface area (Å²) < 4.78 is 5.51. The highest BCUT2D eigenvalue weighted by molar-refractivity contribution is 5.97. The first-order valence-corrected chi connectivity index (χ1v) is 7.94. The van der Waals surface area contributed by atoms with E-state index in [9.17, 15) is 4.79 Å². The molecule has 4 heteroatoms. The molecule has 2 heterocycles. The number of carbonyl (C=O) groups excluding carboxylic acids is 1. The summed E-state index contributed by atoms with van der Waals surface area (Å²) in [6.07, 6.45) is 4.35. The summed E-state index contributed by atoms with van der Waals surface area (Å²) in [6.45, 7) is 3.44. The summed E-state index contributed by atoms with van der Waals surface area (Å²) in [5.74, 6) is 0.617. The second-order valence-electron chi connectivity index (χ2n) is 6.13. The van der Waals surface area contributed by atoms with Crippen molar-refractivity contribution in [2.24, 2.45) is 5.92 Å². The lowest BCUT2D eigenvalue weighted by molar-refractivity contribution is 0.0388. The van der Waals surface area contributed by atoms with Crippen LogP contribution in [0.4, 0.5) is 5.69 Å². The summed E-state index contributed by atoms with van der Waals surface area (Å²) in [7, 11) is 1.91. The summed E-state index contributed by atoms with van der Waals surface area (Å²) in [4.78, 5) is 14.6. The van der Waals surface area contributed by atoms with Gasteiger partial charge in [0.25, 0.3) is 5.91 Å². The van der Waals surface area contributed by atoms with Gasteiger partial charge in [-0.2, -0.15) is 0 Å². The summed E-state index contributed by atoms with van der Waals surface area (Å²) in [6, 6.07) is 6.00. The van der Waals surface area contributed by atoms with E-state index in [4.69, 9.17) is 4.74 Å². The van der Waals surface area contributed by atoms with Crippen LogP contribution in [0.1, 0.15) is 35.2 Å². The molecule has 0 spiro atoms. The highest BCUT2D eigenvalue weighted by Crippen LogP contribution is 2.26. The molecule has 1 N–H and O–H groups in total. The van der Waals surface area contributed by atoms with Gasteiger partial charge in [0.15, 0.2) is 0 Å². The van der Waals surface area contributed by atoms with Crippen LogP contribution >= 0.6 is 0 Å². The summed E-state index contributed by atoms with van der Waals surface area (Å²) in [5.41, 5.74) is 3.17. The van der Waals surface area contributed by atoms with Gasteiger partial charge in [-0.25, -0.2) is 0 Å². The molecule has 1 fully saturated rings. The zero-order valence-electron chi connectivity index (χ0n) is 12.7. The van der Waals surface area contributed by atoms with E-state index in [2.05, 4.69) is 11.4 Å². The first kappa shape index (κ1) is 14.4. The summed E-state index contributed by atoms with van der Waals surface area (Å²) in [5, 5.41) is 3.39. The van der Waals surface area contributed by atoms with Crippen molar-refractivity contribution in [1.82, 2.24) is 4.90 Å². The second-order valence-corrected chi connectivity index (χ2v) is 6.13. The van der Waals surface area contributed by atoms with Crippen LogP contribution in [0.2, 0.25) is 0 Å². The Morgan fingerprint density at radius 2 is 2.33 bits per heavy atom. The maximum atomic E-state index is 12.7. The minimum absolute atomic E-state index is 0.140. The fourth-order valence-electron chi connectivity index (χ4n) is 3.34. The van der Waals surface area contributed by atoms with E-state index in [1.165, 1.54) is 5.56 Å². The van der Waals surface area contributed by atoms with Crippen molar-refractivity contribution in [2.75, 3.05) is 38.7 Å². The van der Waals surface area contributed by atoms with Gasteiger partial charge in [-0.05, 0) is 49.3 Å². The molecule has 2 aliphatic rings. The number of anilines is 1. The van der Waals surface area contributed by atoms with Gasteiger partial charge in [-0.15, -0.1) is 0 Å². The largest absolute Gasteiger partial charge is 0.385 e. The third-order valence-corrected chi connectivity index (χ3v) is 4.46. The quantitative estimate of drug-likeness (QED) is 0.929. The van der Waals surface area contributed by atoms with Crippen molar-refractivity contribution >= 4 is 11.6 Å². The number of nitrogens with zero attached hydrogens (tertiary/aromatic N) is 1. The monoisotopic (exact) mass is 288 g/mol. The van der Waals surface area contributed by atoms with E-state index in [0.717, 1.165) is 63.2 Å². The fourth-order valence-corrected chi connectivity index (χ4v) is 3.34. The molecule has 1 amide bonds. The highest BCUT2D eigenvalue weighted by atomic mass is 16.5. The van der Waals surface area contributed by atoms with Crippen LogP contribution in [-0.2, 0) is 11.2 Å². The normalized spacial score (nSPS) is 21.3. The smallest absolute Gasteiger partial charge is 0.253 e. The molecule has 0 aliphatic carbocycles. The highest BCUT2D eigenvalue weighted by Gasteiger charge is 2.23. The van der Waals surface area contributed by atoms with Gasteiger partial charge >= 0.3 is 0 Å². The maximum absolute atomic E-state index is 12.7. The molecular weight excluding hydrogens is 264 g/mol. The van der Waals surface area contributed by atoms with E-state index < -0.39 is 0 Å². The second kappa shape index (κ2) is 6.48.